The molecule has 2 rings (SSSR count). The third-order valence-electron chi connectivity index (χ3n) is 4.70. The van der Waals surface area contributed by atoms with Crippen LogP contribution >= 0.6 is 0 Å². The van der Waals surface area contributed by atoms with Crippen LogP contribution in [0.5, 0.6) is 5.75 Å². The van der Waals surface area contributed by atoms with Crippen LogP contribution in [-0.4, -0.2) is 47.8 Å². The van der Waals surface area contributed by atoms with Crippen molar-refractivity contribution in [1.29, 1.82) is 0 Å². The van der Waals surface area contributed by atoms with Gasteiger partial charge >= 0.3 is 0 Å². The van der Waals surface area contributed by atoms with Gasteiger partial charge in [-0.2, -0.15) is 0 Å². The van der Waals surface area contributed by atoms with Gasteiger partial charge in [0.15, 0.2) is 9.84 Å². The number of carbonyl (C=O) groups is 1. The molecule has 0 aliphatic rings. The number of amides is 1. The van der Waals surface area contributed by atoms with E-state index in [1.807, 2.05) is 45.3 Å². The van der Waals surface area contributed by atoms with E-state index in [0.717, 1.165) is 21.8 Å². The molecule has 0 aliphatic carbocycles. The van der Waals surface area contributed by atoms with Crippen LogP contribution in [0.3, 0.4) is 0 Å². The van der Waals surface area contributed by atoms with Crippen LogP contribution in [0.15, 0.2) is 53.4 Å². The molecule has 2 aromatic rings. The number of benzene rings is 2. The number of sulfone groups is 1. The van der Waals surface area contributed by atoms with Crippen molar-refractivity contribution in [3.05, 3.63) is 59.7 Å². The number of rotatable bonds is 9. The summed E-state index contributed by atoms with van der Waals surface area (Å²) in [6, 6.07) is 14.5. The van der Waals surface area contributed by atoms with Crippen molar-refractivity contribution in [3.63, 3.8) is 0 Å². The molecule has 2 aromatic carbocycles. The van der Waals surface area contributed by atoms with Crippen molar-refractivity contribution >= 4 is 15.7 Å². The second-order valence-electron chi connectivity index (χ2n) is 7.09. The molecule has 0 bridgehead atoms. The van der Waals surface area contributed by atoms with E-state index < -0.39 is 9.84 Å². The van der Waals surface area contributed by atoms with Gasteiger partial charge in [0.2, 0.25) is 5.91 Å². The molecule has 0 radical (unpaired) electrons. The molecular formula is C21H29N2O4S+. The highest BCUT2D eigenvalue weighted by Crippen LogP contribution is 2.16. The van der Waals surface area contributed by atoms with Gasteiger partial charge in [0.25, 0.3) is 0 Å². The molecule has 0 heterocycles. The number of nitrogens with one attached hydrogen (secondary N) is 2. The van der Waals surface area contributed by atoms with Gasteiger partial charge in [0, 0.05) is 12.0 Å². The van der Waals surface area contributed by atoms with Gasteiger partial charge in [-0.25, -0.2) is 8.42 Å². The largest absolute Gasteiger partial charge is 0.497 e. The first-order chi connectivity index (χ1) is 13.2. The van der Waals surface area contributed by atoms with E-state index in [0.29, 0.717) is 6.54 Å². The zero-order chi connectivity index (χ0) is 20.7. The number of methoxy groups -OCH3 is 1. The second-order valence-corrected chi connectivity index (χ2v) is 9.20. The Morgan fingerprint density at radius 1 is 1.07 bits per heavy atom. The lowest BCUT2D eigenvalue weighted by Crippen LogP contribution is -3.07. The van der Waals surface area contributed by atoms with E-state index in [4.69, 9.17) is 4.74 Å². The SMILES string of the molecule is COc1ccc([C@@H](CNC(=O)CCS(=O)(=O)c2ccc(C)cc2)[NH+](C)C)cc1. The smallest absolute Gasteiger partial charge is 0.221 e. The number of hydrogen-bond acceptors (Lipinski definition) is 4. The van der Waals surface area contributed by atoms with Gasteiger partial charge in [0.05, 0.1) is 38.4 Å². The van der Waals surface area contributed by atoms with Crippen LogP contribution in [0.4, 0.5) is 0 Å². The van der Waals surface area contributed by atoms with Crippen molar-refractivity contribution in [2.75, 3.05) is 33.5 Å². The summed E-state index contributed by atoms with van der Waals surface area (Å²) in [4.78, 5) is 13.6. The van der Waals surface area contributed by atoms with Crippen LogP contribution in [0, 0.1) is 6.92 Å². The average Bonchev–Trinajstić information content (AvgIpc) is 2.67. The summed E-state index contributed by atoms with van der Waals surface area (Å²) in [6.07, 6.45) is -0.0612. The van der Waals surface area contributed by atoms with Gasteiger partial charge in [-0.3, -0.25) is 4.79 Å². The highest BCUT2D eigenvalue weighted by atomic mass is 32.2. The molecule has 0 aliphatic heterocycles. The lowest BCUT2D eigenvalue weighted by molar-refractivity contribution is -0.890. The Morgan fingerprint density at radius 2 is 1.68 bits per heavy atom. The standard InChI is InChI=1S/C21H28N2O4S/c1-16-5-11-19(12-6-16)28(25,26)14-13-21(24)22-15-20(23(2)3)17-7-9-18(27-4)10-8-17/h5-12,20H,13-15H2,1-4H3,(H,22,24)/p+1/t20-/m1/s1. The van der Waals surface area contributed by atoms with Crippen molar-refractivity contribution in [2.24, 2.45) is 0 Å². The number of quaternary nitrogens is 1. The number of hydrogen-bond donors (Lipinski definition) is 2. The highest BCUT2D eigenvalue weighted by Gasteiger charge is 2.20. The Bertz CT molecular complexity index is 876. The Kier molecular flexibility index (Phi) is 7.60. The van der Waals surface area contributed by atoms with Gasteiger partial charge in [-0.15, -0.1) is 0 Å². The third-order valence-corrected chi connectivity index (χ3v) is 6.43. The molecule has 0 saturated heterocycles. The zero-order valence-electron chi connectivity index (χ0n) is 16.9. The Labute approximate surface area is 167 Å². The Hall–Kier alpha value is -2.38. The van der Waals surface area contributed by atoms with Crippen molar-refractivity contribution < 1.29 is 22.8 Å². The molecule has 1 atom stereocenters. The van der Waals surface area contributed by atoms with E-state index >= 15 is 0 Å². The topological polar surface area (TPSA) is 76.9 Å². The summed E-state index contributed by atoms with van der Waals surface area (Å²) in [5, 5.41) is 2.87. The van der Waals surface area contributed by atoms with Crippen molar-refractivity contribution in [3.8, 4) is 5.75 Å². The maximum absolute atomic E-state index is 12.4. The minimum atomic E-state index is -3.47. The summed E-state index contributed by atoms with van der Waals surface area (Å²) in [6.45, 7) is 2.33. The van der Waals surface area contributed by atoms with Crippen molar-refractivity contribution in [1.82, 2.24) is 5.32 Å². The molecular weight excluding hydrogens is 376 g/mol. The normalized spacial score (nSPS) is 12.6. The maximum atomic E-state index is 12.4. The van der Waals surface area contributed by atoms with E-state index in [-0.39, 0.29) is 29.0 Å². The maximum Gasteiger partial charge on any atom is 0.221 e. The molecule has 2 N–H and O–H groups in total. The number of likely N-dealkylation sites (N-methyl/N-ethyl adjacent to an activating group) is 1. The van der Waals surface area contributed by atoms with E-state index in [1.165, 1.54) is 0 Å². The first kappa shape index (κ1) is 21.9. The average molecular weight is 406 g/mol. The van der Waals surface area contributed by atoms with Crippen LogP contribution in [0.25, 0.3) is 0 Å². The molecule has 0 aromatic heterocycles. The lowest BCUT2D eigenvalue weighted by Gasteiger charge is -2.22. The quantitative estimate of drug-likeness (QED) is 0.657. The fourth-order valence-corrected chi connectivity index (χ4v) is 4.13. The molecule has 28 heavy (non-hydrogen) atoms. The second kappa shape index (κ2) is 9.71. The van der Waals surface area contributed by atoms with E-state index in [1.54, 1.807) is 31.4 Å². The highest BCUT2D eigenvalue weighted by molar-refractivity contribution is 7.91. The zero-order valence-corrected chi connectivity index (χ0v) is 17.7. The van der Waals surface area contributed by atoms with Gasteiger partial charge < -0.3 is 15.0 Å². The monoisotopic (exact) mass is 405 g/mol. The molecule has 1 amide bonds. The van der Waals surface area contributed by atoms with Gasteiger partial charge in [-0.05, 0) is 43.3 Å². The molecule has 0 unspecified atom stereocenters. The summed E-state index contributed by atoms with van der Waals surface area (Å²) in [7, 11) is 2.19. The molecule has 0 fully saturated rings. The van der Waals surface area contributed by atoms with Gasteiger partial charge in [0.1, 0.15) is 11.8 Å². The Balaban J connectivity index is 1.92. The van der Waals surface area contributed by atoms with Crippen LogP contribution in [0.1, 0.15) is 23.6 Å². The lowest BCUT2D eigenvalue weighted by atomic mass is 10.1. The number of aryl methyl sites for hydroxylation is 1. The fourth-order valence-electron chi connectivity index (χ4n) is 2.89. The first-order valence-electron chi connectivity index (χ1n) is 9.23. The summed E-state index contributed by atoms with van der Waals surface area (Å²) >= 11 is 0. The molecule has 0 saturated carbocycles. The summed E-state index contributed by atoms with van der Waals surface area (Å²) in [5.74, 6) is 0.307. The van der Waals surface area contributed by atoms with E-state index in [2.05, 4.69) is 5.32 Å². The minimum Gasteiger partial charge on any atom is -0.497 e. The van der Waals surface area contributed by atoms with Gasteiger partial charge in [-0.1, -0.05) is 17.7 Å². The number of carbonyl (C=O) groups excluding carboxylic acids is 1. The van der Waals surface area contributed by atoms with Crippen LogP contribution in [0.2, 0.25) is 0 Å². The molecule has 152 valence electrons. The minimum absolute atomic E-state index is 0.0589. The molecule has 6 nitrogen and oxygen atoms in total. The number of ether oxygens (including phenoxy) is 1. The van der Waals surface area contributed by atoms with Crippen LogP contribution in [-0.2, 0) is 14.6 Å². The summed E-state index contributed by atoms with van der Waals surface area (Å²) in [5.41, 5.74) is 2.07. The first-order valence-corrected chi connectivity index (χ1v) is 10.9. The molecule has 7 heteroatoms. The predicted molar refractivity (Wildman–Crippen MR) is 109 cm³/mol. The molecule has 0 spiro atoms. The summed E-state index contributed by atoms with van der Waals surface area (Å²) < 4.78 is 29.9. The predicted octanol–water partition coefficient (Wildman–Crippen LogP) is 1.17. The van der Waals surface area contributed by atoms with Crippen molar-refractivity contribution in [2.45, 2.75) is 24.3 Å². The fraction of sp³-hybridized carbons (Fsp3) is 0.381. The van der Waals surface area contributed by atoms with E-state index in [9.17, 15) is 13.2 Å². The third kappa shape index (κ3) is 6.07. The Morgan fingerprint density at radius 3 is 2.21 bits per heavy atom. The van der Waals surface area contributed by atoms with Crippen LogP contribution < -0.4 is 15.0 Å².